The maximum atomic E-state index is 12.8. The molecule has 2 aromatic carbocycles. The number of primary amides is 1. The largest absolute Gasteiger partial charge is 0.369 e. The molecule has 150 valence electrons. The minimum Gasteiger partial charge on any atom is -0.369 e. The van der Waals surface area contributed by atoms with E-state index in [0.717, 1.165) is 36.3 Å². The zero-order valence-corrected chi connectivity index (χ0v) is 17.6. The Balaban J connectivity index is 1.59. The van der Waals surface area contributed by atoms with E-state index in [1.165, 1.54) is 5.56 Å². The normalized spacial score (nSPS) is 20.0. The second kappa shape index (κ2) is 9.61. The van der Waals surface area contributed by atoms with Gasteiger partial charge in [0.15, 0.2) is 9.84 Å². The molecule has 3 rings (SSSR count). The Labute approximate surface area is 171 Å². The van der Waals surface area contributed by atoms with Gasteiger partial charge in [0.05, 0.1) is 10.6 Å². The van der Waals surface area contributed by atoms with E-state index >= 15 is 0 Å². The Bertz CT molecular complexity index is 880. The molecule has 1 aliphatic rings. The van der Waals surface area contributed by atoms with E-state index in [0.29, 0.717) is 11.3 Å². The Morgan fingerprint density at radius 2 is 1.54 bits per heavy atom. The first-order chi connectivity index (χ1) is 13.5. The van der Waals surface area contributed by atoms with Crippen LogP contribution in [0.3, 0.4) is 0 Å². The Morgan fingerprint density at radius 3 is 2.18 bits per heavy atom. The summed E-state index contributed by atoms with van der Waals surface area (Å²) in [6.45, 7) is 0. The quantitative estimate of drug-likeness (QED) is 0.699. The van der Waals surface area contributed by atoms with Gasteiger partial charge in [-0.15, -0.1) is 0 Å². The van der Waals surface area contributed by atoms with Crippen LogP contribution in [0.2, 0.25) is 0 Å². The standard InChI is InChI=1S/C22H27NO3S2/c23-22(24)21-9-5-4-8-19(21)16-28(25,26)20-12-10-18(11-13-20)15-27-14-17-6-2-1-3-7-17/h1-3,6-7,10-13,19,21H,4-5,8-9,14-16H2,(H2,23,24). The molecule has 6 heteroatoms. The molecule has 0 heterocycles. The van der Waals surface area contributed by atoms with E-state index in [2.05, 4.69) is 12.1 Å². The molecule has 0 aromatic heterocycles. The van der Waals surface area contributed by atoms with Crippen LogP contribution < -0.4 is 5.73 Å². The molecule has 0 saturated heterocycles. The van der Waals surface area contributed by atoms with Crippen LogP contribution in [0.5, 0.6) is 0 Å². The fraction of sp³-hybridized carbons (Fsp3) is 0.409. The molecule has 1 aliphatic carbocycles. The van der Waals surface area contributed by atoms with Gasteiger partial charge in [-0.3, -0.25) is 4.79 Å². The number of rotatable bonds is 8. The third-order valence-corrected chi connectivity index (χ3v) is 8.30. The van der Waals surface area contributed by atoms with Gasteiger partial charge in [0.1, 0.15) is 0 Å². The van der Waals surface area contributed by atoms with Crippen LogP contribution in [0.1, 0.15) is 36.8 Å². The lowest BCUT2D eigenvalue weighted by Gasteiger charge is -2.28. The van der Waals surface area contributed by atoms with E-state index in [4.69, 9.17) is 5.73 Å². The van der Waals surface area contributed by atoms with Gasteiger partial charge in [-0.2, -0.15) is 11.8 Å². The third-order valence-electron chi connectivity index (χ3n) is 5.37. The van der Waals surface area contributed by atoms with Crippen molar-refractivity contribution in [1.82, 2.24) is 0 Å². The number of carbonyl (C=O) groups is 1. The van der Waals surface area contributed by atoms with Crippen LogP contribution >= 0.6 is 11.8 Å². The molecule has 0 aliphatic heterocycles. The first kappa shape index (κ1) is 20.9. The summed E-state index contributed by atoms with van der Waals surface area (Å²) in [4.78, 5) is 12.0. The van der Waals surface area contributed by atoms with Crippen LogP contribution in [0.15, 0.2) is 59.5 Å². The van der Waals surface area contributed by atoms with Crippen LogP contribution in [-0.2, 0) is 26.1 Å². The van der Waals surface area contributed by atoms with Crippen LogP contribution in [0.25, 0.3) is 0 Å². The minimum absolute atomic E-state index is 0.00269. The number of hydrogen-bond acceptors (Lipinski definition) is 4. The highest BCUT2D eigenvalue weighted by Gasteiger charge is 2.33. The Hall–Kier alpha value is -1.79. The Morgan fingerprint density at radius 1 is 0.929 bits per heavy atom. The summed E-state index contributed by atoms with van der Waals surface area (Å²) in [6.07, 6.45) is 3.36. The van der Waals surface area contributed by atoms with E-state index < -0.39 is 9.84 Å². The molecule has 2 aromatic rings. The molecule has 0 spiro atoms. The van der Waals surface area contributed by atoms with Crippen molar-refractivity contribution >= 4 is 27.5 Å². The SMILES string of the molecule is NC(=O)C1CCCCC1CS(=O)(=O)c1ccc(CSCc2ccccc2)cc1. The number of sulfone groups is 1. The number of benzene rings is 2. The van der Waals surface area contributed by atoms with Gasteiger partial charge in [0.25, 0.3) is 0 Å². The molecule has 1 saturated carbocycles. The van der Waals surface area contributed by atoms with Crippen molar-refractivity contribution in [2.75, 3.05) is 5.75 Å². The van der Waals surface area contributed by atoms with E-state index in [1.807, 2.05) is 30.3 Å². The summed E-state index contributed by atoms with van der Waals surface area (Å²) < 4.78 is 25.6. The lowest BCUT2D eigenvalue weighted by Crippen LogP contribution is -2.36. The molecule has 2 atom stereocenters. The van der Waals surface area contributed by atoms with Crippen LogP contribution in [-0.4, -0.2) is 20.1 Å². The van der Waals surface area contributed by atoms with Crippen molar-refractivity contribution < 1.29 is 13.2 Å². The van der Waals surface area contributed by atoms with Gasteiger partial charge < -0.3 is 5.73 Å². The van der Waals surface area contributed by atoms with Crippen LogP contribution in [0, 0.1) is 11.8 Å². The zero-order chi connectivity index (χ0) is 20.0. The fourth-order valence-electron chi connectivity index (χ4n) is 3.81. The number of carbonyl (C=O) groups excluding carboxylic acids is 1. The maximum absolute atomic E-state index is 12.8. The first-order valence-electron chi connectivity index (χ1n) is 9.68. The lowest BCUT2D eigenvalue weighted by atomic mass is 9.80. The number of thioether (sulfide) groups is 1. The molecule has 4 nitrogen and oxygen atoms in total. The average Bonchev–Trinajstić information content (AvgIpc) is 2.69. The molecular weight excluding hydrogens is 390 g/mol. The summed E-state index contributed by atoms with van der Waals surface area (Å²) in [7, 11) is -3.42. The highest BCUT2D eigenvalue weighted by atomic mass is 32.2. The van der Waals surface area contributed by atoms with Gasteiger partial charge in [0, 0.05) is 17.4 Å². The Kier molecular flexibility index (Phi) is 7.18. The molecule has 2 unspecified atom stereocenters. The van der Waals surface area contributed by atoms with Gasteiger partial charge in [-0.05, 0) is 42.0 Å². The van der Waals surface area contributed by atoms with Crippen LogP contribution in [0.4, 0.5) is 0 Å². The predicted molar refractivity (Wildman–Crippen MR) is 115 cm³/mol. The van der Waals surface area contributed by atoms with Crippen molar-refractivity contribution in [2.24, 2.45) is 17.6 Å². The fourth-order valence-corrected chi connectivity index (χ4v) is 6.48. The summed E-state index contributed by atoms with van der Waals surface area (Å²) >= 11 is 1.80. The van der Waals surface area contributed by atoms with Crippen molar-refractivity contribution in [3.63, 3.8) is 0 Å². The molecule has 1 fully saturated rings. The second-order valence-corrected chi connectivity index (χ2v) is 10.5. The molecule has 1 amide bonds. The van der Waals surface area contributed by atoms with Gasteiger partial charge in [-0.1, -0.05) is 55.3 Å². The lowest BCUT2D eigenvalue weighted by molar-refractivity contribution is -0.124. The predicted octanol–water partition coefficient (Wildman–Crippen LogP) is 4.19. The first-order valence-corrected chi connectivity index (χ1v) is 12.5. The smallest absolute Gasteiger partial charge is 0.220 e. The monoisotopic (exact) mass is 417 g/mol. The number of hydrogen-bond donors (Lipinski definition) is 1. The highest BCUT2D eigenvalue weighted by molar-refractivity contribution is 7.97. The molecule has 2 N–H and O–H groups in total. The van der Waals surface area contributed by atoms with E-state index in [1.54, 1.807) is 23.9 Å². The van der Waals surface area contributed by atoms with Gasteiger partial charge >= 0.3 is 0 Å². The second-order valence-electron chi connectivity index (χ2n) is 7.46. The van der Waals surface area contributed by atoms with Crippen molar-refractivity contribution in [1.29, 1.82) is 0 Å². The molecule has 0 radical (unpaired) electrons. The summed E-state index contributed by atoms with van der Waals surface area (Å²) in [5, 5.41) is 0. The topological polar surface area (TPSA) is 77.2 Å². The number of nitrogens with two attached hydrogens (primary N) is 1. The summed E-state index contributed by atoms with van der Waals surface area (Å²) in [5.74, 6) is 0.904. The van der Waals surface area contributed by atoms with Crippen molar-refractivity contribution in [2.45, 2.75) is 42.1 Å². The van der Waals surface area contributed by atoms with E-state index in [-0.39, 0.29) is 23.5 Å². The maximum Gasteiger partial charge on any atom is 0.220 e. The van der Waals surface area contributed by atoms with Crippen molar-refractivity contribution in [3.05, 3.63) is 65.7 Å². The minimum atomic E-state index is -3.42. The average molecular weight is 418 g/mol. The number of amides is 1. The van der Waals surface area contributed by atoms with E-state index in [9.17, 15) is 13.2 Å². The third kappa shape index (κ3) is 5.61. The zero-order valence-electron chi connectivity index (χ0n) is 15.9. The molecular formula is C22H27NO3S2. The highest BCUT2D eigenvalue weighted by Crippen LogP contribution is 2.32. The molecule has 28 heavy (non-hydrogen) atoms. The van der Waals surface area contributed by atoms with Crippen molar-refractivity contribution in [3.8, 4) is 0 Å². The summed E-state index contributed by atoms with van der Waals surface area (Å²) in [6, 6.07) is 17.4. The van der Waals surface area contributed by atoms with Gasteiger partial charge in [0.2, 0.25) is 5.91 Å². The summed E-state index contributed by atoms with van der Waals surface area (Å²) in [5.41, 5.74) is 7.87. The van der Waals surface area contributed by atoms with Gasteiger partial charge in [-0.25, -0.2) is 8.42 Å². The molecule has 0 bridgehead atoms.